The SMILES string of the molecule is Cc1ccc(C2C(S(=O)(=O)c3ccc(C)cc3)C2(C#N)C#N)cc1. The number of hydrogen-bond donors (Lipinski definition) is 0. The van der Waals surface area contributed by atoms with Gasteiger partial charge in [0.05, 0.1) is 17.0 Å². The van der Waals surface area contributed by atoms with Crippen LogP contribution in [-0.2, 0) is 9.84 Å². The van der Waals surface area contributed by atoms with Crippen molar-refractivity contribution in [3.05, 3.63) is 65.2 Å². The van der Waals surface area contributed by atoms with Gasteiger partial charge in [0.1, 0.15) is 5.25 Å². The molecule has 3 rings (SSSR count). The van der Waals surface area contributed by atoms with Crippen molar-refractivity contribution in [3.63, 3.8) is 0 Å². The highest BCUT2D eigenvalue weighted by Crippen LogP contribution is 2.63. The third-order valence-corrected chi connectivity index (χ3v) is 6.87. The zero-order valence-corrected chi connectivity index (χ0v) is 14.2. The van der Waals surface area contributed by atoms with Crippen LogP contribution in [0, 0.1) is 41.9 Å². The number of aryl methyl sites for hydroxylation is 2. The Labute approximate surface area is 141 Å². The highest BCUT2D eigenvalue weighted by Gasteiger charge is 2.73. The second-order valence-electron chi connectivity index (χ2n) is 6.26. The first-order chi connectivity index (χ1) is 11.4. The van der Waals surface area contributed by atoms with Crippen LogP contribution < -0.4 is 0 Å². The molecule has 0 spiro atoms. The van der Waals surface area contributed by atoms with Gasteiger partial charge in [0.2, 0.25) is 0 Å². The van der Waals surface area contributed by atoms with Gasteiger partial charge in [-0.3, -0.25) is 0 Å². The maximum atomic E-state index is 13.0. The van der Waals surface area contributed by atoms with E-state index in [1.165, 1.54) is 12.1 Å². The first-order valence-electron chi connectivity index (χ1n) is 7.56. The molecule has 2 aromatic rings. The monoisotopic (exact) mass is 336 g/mol. The molecule has 4 nitrogen and oxygen atoms in total. The van der Waals surface area contributed by atoms with Crippen molar-refractivity contribution in [2.75, 3.05) is 0 Å². The average molecular weight is 336 g/mol. The van der Waals surface area contributed by atoms with E-state index < -0.39 is 26.4 Å². The van der Waals surface area contributed by atoms with Crippen LogP contribution in [-0.4, -0.2) is 13.7 Å². The standard InChI is InChI=1S/C19H16N2O2S/c1-13-3-7-15(8-4-13)17-18(19(17,11-20)12-21)24(22,23)16-9-5-14(2)6-10-16/h3-10,17-18H,1-2H3. The smallest absolute Gasteiger partial charge is 0.184 e. The molecule has 0 aromatic heterocycles. The first-order valence-corrected chi connectivity index (χ1v) is 9.11. The lowest BCUT2D eigenvalue weighted by molar-refractivity contribution is 0.591. The molecular weight excluding hydrogens is 320 g/mol. The first kappa shape index (κ1) is 16.2. The molecule has 2 unspecified atom stereocenters. The summed E-state index contributed by atoms with van der Waals surface area (Å²) in [6, 6.07) is 17.8. The summed E-state index contributed by atoms with van der Waals surface area (Å²) in [5.41, 5.74) is 1.17. The fourth-order valence-corrected chi connectivity index (χ4v) is 5.36. The van der Waals surface area contributed by atoms with Crippen molar-refractivity contribution < 1.29 is 8.42 Å². The maximum absolute atomic E-state index is 13.0. The van der Waals surface area contributed by atoms with Crippen LogP contribution in [0.3, 0.4) is 0 Å². The molecule has 0 amide bonds. The van der Waals surface area contributed by atoms with Gasteiger partial charge in [-0.2, -0.15) is 10.5 Å². The number of hydrogen-bond acceptors (Lipinski definition) is 4. The Bertz CT molecular complexity index is 948. The molecule has 2 atom stereocenters. The number of nitriles is 2. The lowest BCUT2D eigenvalue weighted by Gasteiger charge is -2.04. The quantitative estimate of drug-likeness (QED) is 0.861. The van der Waals surface area contributed by atoms with Gasteiger partial charge in [-0.1, -0.05) is 47.5 Å². The van der Waals surface area contributed by atoms with E-state index in [0.29, 0.717) is 5.56 Å². The van der Waals surface area contributed by atoms with Gasteiger partial charge in [-0.05, 0) is 31.5 Å². The van der Waals surface area contributed by atoms with E-state index in [1.54, 1.807) is 24.3 Å². The fourth-order valence-electron chi connectivity index (χ4n) is 3.16. The Balaban J connectivity index is 2.09. The zero-order chi connectivity index (χ0) is 17.5. The highest BCUT2D eigenvalue weighted by molar-refractivity contribution is 7.92. The van der Waals surface area contributed by atoms with E-state index in [1.807, 2.05) is 38.1 Å². The van der Waals surface area contributed by atoms with Gasteiger partial charge >= 0.3 is 0 Å². The average Bonchev–Trinajstić information content (AvgIpc) is 3.26. The fraction of sp³-hybridized carbons (Fsp3) is 0.263. The number of sulfone groups is 1. The van der Waals surface area contributed by atoms with Gasteiger partial charge < -0.3 is 0 Å². The Morgan fingerprint density at radius 3 is 1.79 bits per heavy atom. The van der Waals surface area contributed by atoms with Crippen LogP contribution in [0.15, 0.2) is 53.4 Å². The summed E-state index contributed by atoms with van der Waals surface area (Å²) in [6.45, 7) is 3.80. The van der Waals surface area contributed by atoms with Crippen LogP contribution in [0.5, 0.6) is 0 Å². The van der Waals surface area contributed by atoms with Crippen molar-refractivity contribution in [3.8, 4) is 12.1 Å². The third-order valence-electron chi connectivity index (χ3n) is 4.62. The summed E-state index contributed by atoms with van der Waals surface area (Å²) >= 11 is 0. The maximum Gasteiger partial charge on any atom is 0.184 e. The molecule has 0 N–H and O–H groups in total. The normalized spacial score (nSPS) is 21.5. The Morgan fingerprint density at radius 2 is 1.33 bits per heavy atom. The van der Waals surface area contributed by atoms with Crippen LogP contribution in [0.1, 0.15) is 22.6 Å². The van der Waals surface area contributed by atoms with Crippen molar-refractivity contribution in [1.82, 2.24) is 0 Å². The van der Waals surface area contributed by atoms with E-state index in [9.17, 15) is 18.9 Å². The summed E-state index contributed by atoms with van der Waals surface area (Å²) in [7, 11) is -3.77. The molecule has 2 aromatic carbocycles. The second-order valence-corrected chi connectivity index (χ2v) is 8.33. The summed E-state index contributed by atoms with van der Waals surface area (Å²) in [5.74, 6) is -0.626. The molecule has 0 radical (unpaired) electrons. The summed E-state index contributed by atoms with van der Waals surface area (Å²) in [6.07, 6.45) is 0. The van der Waals surface area contributed by atoms with Crippen molar-refractivity contribution >= 4 is 9.84 Å². The van der Waals surface area contributed by atoms with Gasteiger partial charge in [-0.25, -0.2) is 8.42 Å². The molecule has 0 heterocycles. The topological polar surface area (TPSA) is 81.7 Å². The molecule has 120 valence electrons. The van der Waals surface area contributed by atoms with Gasteiger partial charge in [0, 0.05) is 5.92 Å². The minimum absolute atomic E-state index is 0.155. The second kappa shape index (κ2) is 5.47. The molecule has 24 heavy (non-hydrogen) atoms. The molecule has 1 fully saturated rings. The molecule has 0 aliphatic heterocycles. The molecule has 5 heteroatoms. The number of rotatable bonds is 3. The van der Waals surface area contributed by atoms with Crippen LogP contribution in [0.25, 0.3) is 0 Å². The zero-order valence-electron chi connectivity index (χ0n) is 13.4. The Morgan fingerprint density at radius 1 is 0.875 bits per heavy atom. The van der Waals surface area contributed by atoms with E-state index in [4.69, 9.17) is 0 Å². The lowest BCUT2D eigenvalue weighted by atomic mass is 10.0. The highest BCUT2D eigenvalue weighted by atomic mass is 32.2. The Hall–Kier alpha value is -2.63. The molecule has 1 aliphatic carbocycles. The molecule has 0 bridgehead atoms. The van der Waals surface area contributed by atoms with Crippen LogP contribution >= 0.6 is 0 Å². The van der Waals surface area contributed by atoms with Crippen molar-refractivity contribution in [2.45, 2.75) is 29.9 Å². The number of nitrogens with zero attached hydrogens (tertiary/aromatic N) is 2. The van der Waals surface area contributed by atoms with E-state index in [2.05, 4.69) is 0 Å². The van der Waals surface area contributed by atoms with Crippen LogP contribution in [0.4, 0.5) is 0 Å². The molecule has 1 aliphatic rings. The van der Waals surface area contributed by atoms with E-state index >= 15 is 0 Å². The summed E-state index contributed by atoms with van der Waals surface area (Å²) in [4.78, 5) is 0.155. The Kier molecular flexibility index (Phi) is 3.70. The van der Waals surface area contributed by atoms with E-state index in [-0.39, 0.29) is 4.90 Å². The van der Waals surface area contributed by atoms with Gasteiger partial charge in [-0.15, -0.1) is 0 Å². The largest absolute Gasteiger partial charge is 0.223 e. The summed E-state index contributed by atoms with van der Waals surface area (Å²) < 4.78 is 26.0. The van der Waals surface area contributed by atoms with E-state index in [0.717, 1.165) is 11.1 Å². The third kappa shape index (κ3) is 2.29. The minimum atomic E-state index is -3.77. The molecular formula is C19H16N2O2S. The number of benzene rings is 2. The van der Waals surface area contributed by atoms with Crippen molar-refractivity contribution in [2.24, 2.45) is 5.41 Å². The van der Waals surface area contributed by atoms with Gasteiger partial charge in [0.15, 0.2) is 15.3 Å². The van der Waals surface area contributed by atoms with Crippen molar-refractivity contribution in [1.29, 1.82) is 10.5 Å². The predicted octanol–water partition coefficient (Wildman–Crippen LogP) is 3.28. The molecule has 0 saturated heterocycles. The molecule has 1 saturated carbocycles. The van der Waals surface area contributed by atoms with Crippen LogP contribution in [0.2, 0.25) is 0 Å². The summed E-state index contributed by atoms with van der Waals surface area (Å²) in [5, 5.41) is 18.0. The minimum Gasteiger partial charge on any atom is -0.223 e. The van der Waals surface area contributed by atoms with Gasteiger partial charge in [0.25, 0.3) is 0 Å². The predicted molar refractivity (Wildman–Crippen MR) is 89.7 cm³/mol. The lowest BCUT2D eigenvalue weighted by Crippen LogP contribution is -2.14.